The lowest BCUT2D eigenvalue weighted by Gasteiger charge is -2.26. The number of nitrogens with one attached hydrogen (secondary N) is 1. The smallest absolute Gasteiger partial charge is 0.329 e. The summed E-state index contributed by atoms with van der Waals surface area (Å²) < 4.78 is 1.89. The molecule has 6 nitrogen and oxygen atoms in total. The lowest BCUT2D eigenvalue weighted by molar-refractivity contribution is -0.144. The molecule has 1 aliphatic rings. The van der Waals surface area contributed by atoms with Gasteiger partial charge in [0.1, 0.15) is 5.54 Å². The molecule has 6 heteroatoms. The molecule has 132 valence electrons. The van der Waals surface area contributed by atoms with Gasteiger partial charge in [0.25, 0.3) is 5.91 Å². The first-order valence-corrected chi connectivity index (χ1v) is 8.45. The molecular weight excluding hydrogens is 318 g/mol. The number of benzene rings is 1. The zero-order valence-electron chi connectivity index (χ0n) is 14.7. The third-order valence-corrected chi connectivity index (χ3v) is 4.84. The van der Waals surface area contributed by atoms with Crippen molar-refractivity contribution in [3.8, 4) is 0 Å². The molecule has 1 heterocycles. The molecule has 0 saturated heterocycles. The van der Waals surface area contributed by atoms with E-state index >= 15 is 0 Å². The van der Waals surface area contributed by atoms with Crippen LogP contribution in [0, 0.1) is 19.8 Å². The van der Waals surface area contributed by atoms with Gasteiger partial charge in [-0.05, 0) is 63.3 Å². The molecule has 0 spiro atoms. The van der Waals surface area contributed by atoms with Crippen molar-refractivity contribution in [3.63, 3.8) is 0 Å². The number of aromatic nitrogens is 2. The first-order chi connectivity index (χ1) is 11.8. The monoisotopic (exact) mass is 341 g/mol. The van der Waals surface area contributed by atoms with Gasteiger partial charge in [-0.15, -0.1) is 0 Å². The molecule has 3 rings (SSSR count). The normalized spacial score (nSPS) is 16.3. The van der Waals surface area contributed by atoms with Gasteiger partial charge < -0.3 is 10.4 Å². The van der Waals surface area contributed by atoms with E-state index in [1.165, 1.54) is 0 Å². The van der Waals surface area contributed by atoms with Crippen LogP contribution in [-0.2, 0) is 11.3 Å². The summed E-state index contributed by atoms with van der Waals surface area (Å²) in [5, 5.41) is 16.6. The van der Waals surface area contributed by atoms with Gasteiger partial charge in [-0.25, -0.2) is 4.79 Å². The maximum atomic E-state index is 12.6. The molecule has 0 bridgehead atoms. The Bertz CT molecular complexity index is 823. The standard InChI is InChI=1S/C19H23N3O3/c1-12-9-13(2)22(21-12)11-14-5-4-6-15(10-14)17(23)20-19(3,18(24)25)16-7-8-16/h4-6,9-10,16H,7-8,11H2,1-3H3,(H,20,23)(H,24,25)/t19-/m1/s1. The predicted molar refractivity (Wildman–Crippen MR) is 93.5 cm³/mol. The van der Waals surface area contributed by atoms with Crippen molar-refractivity contribution < 1.29 is 14.7 Å². The Balaban J connectivity index is 1.77. The zero-order valence-corrected chi connectivity index (χ0v) is 14.7. The molecule has 1 aliphatic carbocycles. The SMILES string of the molecule is Cc1cc(C)n(Cc2cccc(C(=O)N[C@@](C)(C(=O)O)C3CC3)c2)n1. The van der Waals surface area contributed by atoms with Crippen molar-refractivity contribution in [2.24, 2.45) is 5.92 Å². The van der Waals surface area contributed by atoms with E-state index in [9.17, 15) is 14.7 Å². The minimum atomic E-state index is -1.21. The number of nitrogens with zero attached hydrogens (tertiary/aromatic N) is 2. The quantitative estimate of drug-likeness (QED) is 0.845. The van der Waals surface area contributed by atoms with Crippen LogP contribution in [0.3, 0.4) is 0 Å². The minimum absolute atomic E-state index is 0.00633. The van der Waals surface area contributed by atoms with Gasteiger partial charge in [0, 0.05) is 11.3 Å². The summed E-state index contributed by atoms with van der Waals surface area (Å²) in [6.45, 7) is 6.09. The van der Waals surface area contributed by atoms with Crippen LogP contribution < -0.4 is 5.32 Å². The summed E-state index contributed by atoms with van der Waals surface area (Å²) in [4.78, 5) is 24.2. The van der Waals surface area contributed by atoms with Crippen molar-refractivity contribution in [1.29, 1.82) is 0 Å². The third-order valence-electron chi connectivity index (χ3n) is 4.84. The number of carbonyl (C=O) groups is 2. The van der Waals surface area contributed by atoms with Crippen LogP contribution in [0.1, 0.15) is 47.1 Å². The van der Waals surface area contributed by atoms with Crippen LogP contribution in [0.4, 0.5) is 0 Å². The summed E-state index contributed by atoms with van der Waals surface area (Å²) in [6, 6.07) is 9.25. The van der Waals surface area contributed by atoms with E-state index in [2.05, 4.69) is 10.4 Å². The minimum Gasteiger partial charge on any atom is -0.480 e. The van der Waals surface area contributed by atoms with Crippen LogP contribution >= 0.6 is 0 Å². The lowest BCUT2D eigenvalue weighted by Crippen LogP contribution is -2.54. The Morgan fingerprint density at radius 2 is 2.04 bits per heavy atom. The Labute approximate surface area is 146 Å². The van der Waals surface area contributed by atoms with Gasteiger partial charge in [-0.2, -0.15) is 5.10 Å². The number of hydrogen-bond acceptors (Lipinski definition) is 3. The molecule has 2 N–H and O–H groups in total. The van der Waals surface area contributed by atoms with Crippen molar-refractivity contribution in [2.75, 3.05) is 0 Å². The van der Waals surface area contributed by atoms with Crippen LogP contribution in [0.15, 0.2) is 30.3 Å². The van der Waals surface area contributed by atoms with E-state index in [1.807, 2.05) is 36.7 Å². The van der Waals surface area contributed by atoms with Crippen molar-refractivity contribution in [1.82, 2.24) is 15.1 Å². The number of rotatable bonds is 6. The van der Waals surface area contributed by atoms with E-state index in [0.29, 0.717) is 12.1 Å². The number of aryl methyl sites for hydroxylation is 2. The summed E-state index contributed by atoms with van der Waals surface area (Å²) >= 11 is 0. The van der Waals surface area contributed by atoms with Crippen molar-refractivity contribution in [2.45, 2.75) is 45.7 Å². The van der Waals surface area contributed by atoms with Gasteiger partial charge in [0.05, 0.1) is 12.2 Å². The molecule has 0 aliphatic heterocycles. The summed E-state index contributed by atoms with van der Waals surface area (Å²) in [7, 11) is 0. The number of carboxylic acids is 1. The topological polar surface area (TPSA) is 84.2 Å². The van der Waals surface area contributed by atoms with Crippen LogP contribution in [0.25, 0.3) is 0 Å². The van der Waals surface area contributed by atoms with E-state index in [0.717, 1.165) is 29.8 Å². The van der Waals surface area contributed by atoms with E-state index < -0.39 is 11.5 Å². The fourth-order valence-electron chi connectivity index (χ4n) is 3.12. The molecule has 1 atom stereocenters. The Morgan fingerprint density at radius 3 is 2.60 bits per heavy atom. The molecule has 25 heavy (non-hydrogen) atoms. The highest BCUT2D eigenvalue weighted by molar-refractivity contribution is 5.98. The second-order valence-electron chi connectivity index (χ2n) is 7.02. The van der Waals surface area contributed by atoms with Gasteiger partial charge in [-0.1, -0.05) is 12.1 Å². The molecule has 1 saturated carbocycles. The summed E-state index contributed by atoms with van der Waals surface area (Å²) in [5.41, 5.74) is 2.21. The highest BCUT2D eigenvalue weighted by Crippen LogP contribution is 2.39. The molecule has 1 aromatic heterocycles. The Kier molecular flexibility index (Phi) is 4.37. The van der Waals surface area contributed by atoms with Gasteiger partial charge in [0.2, 0.25) is 0 Å². The molecule has 1 aromatic carbocycles. The molecule has 0 radical (unpaired) electrons. The number of carbonyl (C=O) groups excluding carboxylic acids is 1. The molecule has 1 amide bonds. The van der Waals surface area contributed by atoms with Gasteiger partial charge >= 0.3 is 5.97 Å². The molecule has 2 aromatic rings. The summed E-state index contributed by atoms with van der Waals surface area (Å²) in [6.07, 6.45) is 1.67. The average Bonchev–Trinajstić information content (AvgIpc) is 3.35. The second-order valence-corrected chi connectivity index (χ2v) is 7.02. The molecular formula is C19H23N3O3. The number of hydrogen-bond donors (Lipinski definition) is 2. The molecule has 1 fully saturated rings. The van der Waals surface area contributed by atoms with Gasteiger partial charge in [0.15, 0.2) is 0 Å². The highest BCUT2D eigenvalue weighted by atomic mass is 16.4. The number of carboxylic acid groups (broad SMARTS) is 1. The number of aliphatic carboxylic acids is 1. The Morgan fingerprint density at radius 1 is 1.32 bits per heavy atom. The number of amides is 1. The van der Waals surface area contributed by atoms with Crippen molar-refractivity contribution >= 4 is 11.9 Å². The molecule has 0 unspecified atom stereocenters. The average molecular weight is 341 g/mol. The third kappa shape index (κ3) is 3.57. The van der Waals surface area contributed by atoms with Gasteiger partial charge in [-0.3, -0.25) is 9.48 Å². The van der Waals surface area contributed by atoms with E-state index in [-0.39, 0.29) is 11.8 Å². The van der Waals surface area contributed by atoms with Crippen LogP contribution in [0.5, 0.6) is 0 Å². The maximum Gasteiger partial charge on any atom is 0.329 e. The fraction of sp³-hybridized carbons (Fsp3) is 0.421. The Hall–Kier alpha value is -2.63. The van der Waals surface area contributed by atoms with Crippen LogP contribution in [-0.4, -0.2) is 32.3 Å². The maximum absolute atomic E-state index is 12.6. The van der Waals surface area contributed by atoms with Crippen LogP contribution in [0.2, 0.25) is 0 Å². The first-order valence-electron chi connectivity index (χ1n) is 8.45. The lowest BCUT2D eigenvalue weighted by atomic mass is 9.95. The largest absolute Gasteiger partial charge is 0.480 e. The van der Waals surface area contributed by atoms with Crippen molar-refractivity contribution in [3.05, 3.63) is 52.8 Å². The first kappa shape index (κ1) is 17.2. The highest BCUT2D eigenvalue weighted by Gasteiger charge is 2.48. The second kappa shape index (κ2) is 6.35. The fourth-order valence-corrected chi connectivity index (χ4v) is 3.12. The summed E-state index contributed by atoms with van der Waals surface area (Å²) in [5.74, 6) is -1.33. The van der Waals surface area contributed by atoms with E-state index in [1.54, 1.807) is 19.1 Å². The predicted octanol–water partition coefficient (Wildman–Crippen LogP) is 2.53. The zero-order chi connectivity index (χ0) is 18.2. The van der Waals surface area contributed by atoms with E-state index in [4.69, 9.17) is 0 Å².